The van der Waals surface area contributed by atoms with Crippen molar-refractivity contribution in [2.45, 2.75) is 23.8 Å². The lowest BCUT2D eigenvalue weighted by Crippen LogP contribution is -2.34. The number of nitrogens with one attached hydrogen (secondary N) is 1. The van der Waals surface area contributed by atoms with Crippen molar-refractivity contribution in [2.24, 2.45) is 7.05 Å². The topological polar surface area (TPSA) is 71.4 Å². The van der Waals surface area contributed by atoms with Gasteiger partial charge in [0, 0.05) is 20.3 Å². The molecular formula is C19H21N3O3S. The molecule has 2 aromatic rings. The van der Waals surface area contributed by atoms with E-state index in [0.29, 0.717) is 6.42 Å². The molecule has 1 aromatic carbocycles. The molecule has 6 nitrogen and oxygen atoms in total. The molecule has 0 unspecified atom stereocenters. The Labute approximate surface area is 153 Å². The van der Waals surface area contributed by atoms with Crippen molar-refractivity contribution in [1.29, 1.82) is 0 Å². The summed E-state index contributed by atoms with van der Waals surface area (Å²) in [6.45, 7) is -0.0223. The van der Waals surface area contributed by atoms with E-state index in [0.717, 1.165) is 17.5 Å². The third kappa shape index (κ3) is 3.02. The highest BCUT2D eigenvalue weighted by atomic mass is 32.2. The van der Waals surface area contributed by atoms with Crippen molar-refractivity contribution in [3.63, 3.8) is 0 Å². The Balaban J connectivity index is 2.03. The quantitative estimate of drug-likeness (QED) is 0.813. The van der Waals surface area contributed by atoms with E-state index in [9.17, 15) is 13.2 Å². The summed E-state index contributed by atoms with van der Waals surface area (Å²) in [6.07, 6.45) is 8.42. The Morgan fingerprint density at radius 2 is 2.15 bits per heavy atom. The minimum absolute atomic E-state index is 0.0223. The number of terminal acetylenes is 1. The van der Waals surface area contributed by atoms with E-state index in [4.69, 9.17) is 6.42 Å². The van der Waals surface area contributed by atoms with Crippen molar-refractivity contribution >= 4 is 15.9 Å². The monoisotopic (exact) mass is 371 g/mol. The Hall–Kier alpha value is -2.56. The van der Waals surface area contributed by atoms with Crippen molar-refractivity contribution in [3.05, 3.63) is 53.3 Å². The molecule has 1 aliphatic rings. The lowest BCUT2D eigenvalue weighted by molar-refractivity contribution is 0.0955. The van der Waals surface area contributed by atoms with Gasteiger partial charge in [0.05, 0.1) is 12.6 Å². The molecule has 0 spiro atoms. The third-order valence-corrected chi connectivity index (χ3v) is 6.56. The summed E-state index contributed by atoms with van der Waals surface area (Å²) < 4.78 is 29.4. The van der Waals surface area contributed by atoms with E-state index in [-0.39, 0.29) is 29.1 Å². The molecule has 0 fully saturated rings. The Bertz CT molecular complexity index is 986. The second-order valence-electron chi connectivity index (χ2n) is 6.26. The van der Waals surface area contributed by atoms with Crippen LogP contribution in [0.5, 0.6) is 0 Å². The molecule has 0 radical (unpaired) electrons. The molecule has 0 bridgehead atoms. The molecule has 1 aromatic heterocycles. The summed E-state index contributed by atoms with van der Waals surface area (Å²) in [4.78, 5) is 12.0. The van der Waals surface area contributed by atoms with Gasteiger partial charge in [0.1, 0.15) is 10.6 Å². The number of sulfonamides is 1. The van der Waals surface area contributed by atoms with Crippen LogP contribution in [0.1, 0.15) is 34.1 Å². The maximum absolute atomic E-state index is 13.3. The largest absolute Gasteiger partial charge is 0.354 e. The summed E-state index contributed by atoms with van der Waals surface area (Å²) in [5.74, 6) is 2.12. The molecule has 26 heavy (non-hydrogen) atoms. The van der Waals surface area contributed by atoms with E-state index in [1.165, 1.54) is 28.2 Å². The van der Waals surface area contributed by atoms with Crippen LogP contribution in [0.2, 0.25) is 0 Å². The maximum Gasteiger partial charge on any atom is 0.267 e. The van der Waals surface area contributed by atoms with E-state index in [1.54, 1.807) is 7.05 Å². The number of fused-ring (bicyclic) bond motifs is 1. The number of carbonyl (C=O) groups excluding carboxylic acids is 1. The number of amides is 1. The van der Waals surface area contributed by atoms with E-state index in [2.05, 4.69) is 11.2 Å². The minimum Gasteiger partial charge on any atom is -0.354 e. The molecule has 1 atom stereocenters. The standard InChI is InChI=1S/C19H21N3O3S/c1-4-11-22(17-10-9-14-7-5-6-8-16(14)17)26(24,25)15-12-18(19(23)20-2)21(3)13-15/h1,5-8,12-13,17H,9-11H2,2-3H3,(H,20,23)/t17-/m0/s1. The molecule has 7 heteroatoms. The number of hydrogen-bond acceptors (Lipinski definition) is 3. The second kappa shape index (κ2) is 6.98. The highest BCUT2D eigenvalue weighted by Crippen LogP contribution is 2.38. The number of benzene rings is 1. The van der Waals surface area contributed by atoms with Gasteiger partial charge in [0.15, 0.2) is 0 Å². The predicted octanol–water partition coefficient (Wildman–Crippen LogP) is 1.70. The average molecular weight is 371 g/mol. The number of hydrogen-bond donors (Lipinski definition) is 1. The van der Waals surface area contributed by atoms with Crippen molar-refractivity contribution < 1.29 is 13.2 Å². The number of rotatable bonds is 5. The van der Waals surface area contributed by atoms with Gasteiger partial charge in [-0.3, -0.25) is 4.79 Å². The van der Waals surface area contributed by atoms with Crippen molar-refractivity contribution in [1.82, 2.24) is 14.2 Å². The lowest BCUT2D eigenvalue weighted by atomic mass is 10.1. The molecule has 0 aliphatic heterocycles. The molecule has 136 valence electrons. The Morgan fingerprint density at radius 1 is 1.42 bits per heavy atom. The van der Waals surface area contributed by atoms with Gasteiger partial charge in [-0.2, -0.15) is 4.31 Å². The molecule has 0 saturated heterocycles. The highest BCUT2D eigenvalue weighted by Gasteiger charge is 2.36. The van der Waals surface area contributed by atoms with E-state index >= 15 is 0 Å². The molecule has 1 amide bonds. The van der Waals surface area contributed by atoms with Crippen molar-refractivity contribution in [3.8, 4) is 12.3 Å². The fourth-order valence-corrected chi connectivity index (χ4v) is 5.07. The highest BCUT2D eigenvalue weighted by molar-refractivity contribution is 7.89. The fraction of sp³-hybridized carbons (Fsp3) is 0.316. The van der Waals surface area contributed by atoms with Crippen LogP contribution < -0.4 is 5.32 Å². The fourth-order valence-electron chi connectivity index (χ4n) is 3.45. The van der Waals surface area contributed by atoms with Crippen molar-refractivity contribution in [2.75, 3.05) is 13.6 Å². The van der Waals surface area contributed by atoms with E-state index in [1.807, 2.05) is 24.3 Å². The number of aryl methyl sites for hydroxylation is 2. The van der Waals surface area contributed by atoms with Gasteiger partial charge in [-0.1, -0.05) is 30.2 Å². The molecular weight excluding hydrogens is 350 g/mol. The summed E-state index contributed by atoms with van der Waals surface area (Å²) in [6, 6.07) is 8.92. The first kappa shape index (κ1) is 18.2. The summed E-state index contributed by atoms with van der Waals surface area (Å²) in [7, 11) is -0.700. The number of carbonyl (C=O) groups is 1. The molecule has 3 rings (SSSR count). The molecule has 1 heterocycles. The first-order chi connectivity index (χ1) is 12.4. The molecule has 0 saturated carbocycles. The van der Waals surface area contributed by atoms with Crippen LogP contribution in [0.15, 0.2) is 41.4 Å². The van der Waals surface area contributed by atoms with Crippen LogP contribution in [0, 0.1) is 12.3 Å². The van der Waals surface area contributed by atoms with Crippen LogP contribution in [-0.4, -0.2) is 36.8 Å². The van der Waals surface area contributed by atoms with E-state index < -0.39 is 10.0 Å². The molecule has 1 N–H and O–H groups in total. The van der Waals surface area contributed by atoms with Crippen LogP contribution in [-0.2, 0) is 23.5 Å². The first-order valence-electron chi connectivity index (χ1n) is 8.31. The first-order valence-corrected chi connectivity index (χ1v) is 9.75. The summed E-state index contributed by atoms with van der Waals surface area (Å²) >= 11 is 0. The summed E-state index contributed by atoms with van der Waals surface area (Å²) in [5.41, 5.74) is 2.42. The smallest absolute Gasteiger partial charge is 0.267 e. The molecule has 1 aliphatic carbocycles. The van der Waals surface area contributed by atoms with Gasteiger partial charge in [0.2, 0.25) is 10.0 Å². The maximum atomic E-state index is 13.3. The number of aromatic nitrogens is 1. The Morgan fingerprint density at radius 3 is 2.85 bits per heavy atom. The zero-order valence-corrected chi connectivity index (χ0v) is 15.6. The number of nitrogens with zero attached hydrogens (tertiary/aromatic N) is 2. The lowest BCUT2D eigenvalue weighted by Gasteiger charge is -2.26. The SMILES string of the molecule is C#CCN([C@H]1CCc2ccccc21)S(=O)(=O)c1cc(C(=O)NC)n(C)c1. The third-order valence-electron chi connectivity index (χ3n) is 4.74. The van der Waals surface area contributed by atoms with Gasteiger partial charge in [-0.05, 0) is 30.0 Å². The van der Waals surface area contributed by atoms with Gasteiger partial charge >= 0.3 is 0 Å². The van der Waals surface area contributed by atoms with Crippen LogP contribution in [0.3, 0.4) is 0 Å². The normalized spacial score (nSPS) is 16.3. The van der Waals surface area contributed by atoms with Gasteiger partial charge in [0.25, 0.3) is 5.91 Å². The second-order valence-corrected chi connectivity index (χ2v) is 8.15. The zero-order chi connectivity index (χ0) is 18.9. The van der Waals surface area contributed by atoms with Gasteiger partial charge in [-0.25, -0.2) is 8.42 Å². The zero-order valence-electron chi connectivity index (χ0n) is 14.8. The predicted molar refractivity (Wildman–Crippen MR) is 99.0 cm³/mol. The van der Waals surface area contributed by atoms with Crippen LogP contribution in [0.4, 0.5) is 0 Å². The van der Waals surface area contributed by atoms with Crippen LogP contribution in [0.25, 0.3) is 0 Å². The van der Waals surface area contributed by atoms with Gasteiger partial charge in [-0.15, -0.1) is 6.42 Å². The van der Waals surface area contributed by atoms with Crippen LogP contribution >= 0.6 is 0 Å². The summed E-state index contributed by atoms with van der Waals surface area (Å²) in [5, 5.41) is 2.51. The van der Waals surface area contributed by atoms with Gasteiger partial charge < -0.3 is 9.88 Å². The average Bonchev–Trinajstić information content (AvgIpc) is 3.23. The minimum atomic E-state index is -3.84. The Kier molecular flexibility index (Phi) is 4.90.